The van der Waals surface area contributed by atoms with Crippen LogP contribution in [0.4, 0.5) is 0 Å². The second-order valence-electron chi connectivity index (χ2n) is 3.37. The van der Waals surface area contributed by atoms with Gasteiger partial charge in [0.2, 0.25) is 0 Å². The molecule has 0 aliphatic carbocycles. The van der Waals surface area contributed by atoms with E-state index in [4.69, 9.17) is 10.2 Å². The fourth-order valence-electron chi connectivity index (χ4n) is 1.23. The lowest BCUT2D eigenvalue weighted by Crippen LogP contribution is -1.97. The van der Waals surface area contributed by atoms with Crippen LogP contribution in [0.3, 0.4) is 0 Å². The molecule has 3 nitrogen and oxygen atoms in total. The molecule has 0 bridgehead atoms. The van der Waals surface area contributed by atoms with Crippen LogP contribution in [0.2, 0.25) is 0 Å². The summed E-state index contributed by atoms with van der Waals surface area (Å²) in [7, 11) is 0. The zero-order valence-electron chi connectivity index (χ0n) is 8.94. The van der Waals surface area contributed by atoms with Crippen LogP contribution >= 0.6 is 0 Å². The van der Waals surface area contributed by atoms with Gasteiger partial charge in [0.25, 0.3) is 0 Å². The molecule has 1 aromatic carbocycles. The predicted octanol–water partition coefficient (Wildman–Crippen LogP) is 1.44. The number of carbonyl (C=O) groups is 1. The smallest absolute Gasteiger partial charge is 0.303 e. The van der Waals surface area contributed by atoms with Gasteiger partial charge in [-0.3, -0.25) is 4.79 Å². The minimum Gasteiger partial charge on any atom is -0.481 e. The van der Waals surface area contributed by atoms with Crippen LogP contribution in [0.5, 0.6) is 0 Å². The summed E-state index contributed by atoms with van der Waals surface area (Å²) in [6, 6.07) is 7.49. The lowest BCUT2D eigenvalue weighted by Gasteiger charge is -1.98. The minimum atomic E-state index is -0.785. The number of aliphatic carboxylic acids is 1. The lowest BCUT2D eigenvalue weighted by atomic mass is 10.1. The van der Waals surface area contributed by atoms with Crippen molar-refractivity contribution in [2.75, 3.05) is 6.61 Å². The Morgan fingerprint density at radius 1 is 1.25 bits per heavy atom. The Morgan fingerprint density at radius 2 is 1.94 bits per heavy atom. The third-order valence-electron chi connectivity index (χ3n) is 2.05. The first-order valence-electron chi connectivity index (χ1n) is 5.13. The fourth-order valence-corrected chi connectivity index (χ4v) is 1.23. The molecule has 0 unspecified atom stereocenters. The predicted molar refractivity (Wildman–Crippen MR) is 61.0 cm³/mol. The molecule has 0 aromatic heterocycles. The maximum absolute atomic E-state index is 10.4. The lowest BCUT2D eigenvalue weighted by molar-refractivity contribution is -0.136. The SMILES string of the molecule is O=C(O)CCc1ccc(C#CCCO)cc1. The van der Waals surface area contributed by atoms with Gasteiger partial charge in [0.15, 0.2) is 0 Å². The van der Waals surface area contributed by atoms with E-state index in [-0.39, 0.29) is 13.0 Å². The van der Waals surface area contributed by atoms with Crippen molar-refractivity contribution in [2.45, 2.75) is 19.3 Å². The summed E-state index contributed by atoms with van der Waals surface area (Å²) in [6.45, 7) is 0.0731. The first-order chi connectivity index (χ1) is 7.72. The van der Waals surface area contributed by atoms with E-state index >= 15 is 0 Å². The Bertz CT molecular complexity index is 395. The van der Waals surface area contributed by atoms with Gasteiger partial charge in [-0.15, -0.1) is 0 Å². The van der Waals surface area contributed by atoms with E-state index in [0.717, 1.165) is 11.1 Å². The quantitative estimate of drug-likeness (QED) is 0.752. The van der Waals surface area contributed by atoms with E-state index in [2.05, 4.69) is 11.8 Å². The Kier molecular flexibility index (Phi) is 5.10. The number of hydrogen-bond donors (Lipinski definition) is 2. The molecule has 3 heteroatoms. The number of rotatable bonds is 4. The Labute approximate surface area is 94.7 Å². The molecule has 0 fully saturated rings. The van der Waals surface area contributed by atoms with E-state index in [1.807, 2.05) is 24.3 Å². The minimum absolute atomic E-state index is 0.0731. The zero-order valence-corrected chi connectivity index (χ0v) is 8.94. The highest BCUT2D eigenvalue weighted by atomic mass is 16.4. The molecule has 16 heavy (non-hydrogen) atoms. The van der Waals surface area contributed by atoms with Crippen molar-refractivity contribution < 1.29 is 15.0 Å². The van der Waals surface area contributed by atoms with Crippen molar-refractivity contribution >= 4 is 5.97 Å². The number of carboxylic acid groups (broad SMARTS) is 1. The molecular weight excluding hydrogens is 204 g/mol. The Hall–Kier alpha value is -1.79. The largest absolute Gasteiger partial charge is 0.481 e. The van der Waals surface area contributed by atoms with Crippen molar-refractivity contribution in [3.05, 3.63) is 35.4 Å². The molecule has 0 heterocycles. The average Bonchev–Trinajstić information content (AvgIpc) is 2.28. The number of hydrogen-bond acceptors (Lipinski definition) is 2. The molecule has 1 rings (SSSR count). The third kappa shape index (κ3) is 4.63. The van der Waals surface area contributed by atoms with Crippen LogP contribution < -0.4 is 0 Å². The van der Waals surface area contributed by atoms with Crippen molar-refractivity contribution in [3.63, 3.8) is 0 Å². The first-order valence-corrected chi connectivity index (χ1v) is 5.13. The van der Waals surface area contributed by atoms with Gasteiger partial charge in [-0.1, -0.05) is 24.0 Å². The van der Waals surface area contributed by atoms with Gasteiger partial charge in [-0.05, 0) is 24.1 Å². The molecule has 0 atom stereocenters. The highest BCUT2D eigenvalue weighted by Crippen LogP contribution is 2.05. The summed E-state index contributed by atoms with van der Waals surface area (Å²) in [5.74, 6) is 4.95. The number of aryl methyl sites for hydroxylation is 1. The monoisotopic (exact) mass is 218 g/mol. The second kappa shape index (κ2) is 6.65. The number of aliphatic hydroxyl groups is 1. The molecule has 0 aliphatic heterocycles. The van der Waals surface area contributed by atoms with Crippen molar-refractivity contribution in [1.82, 2.24) is 0 Å². The fraction of sp³-hybridized carbons (Fsp3) is 0.308. The van der Waals surface area contributed by atoms with Crippen LogP contribution in [0.25, 0.3) is 0 Å². The maximum atomic E-state index is 10.4. The Balaban J connectivity index is 2.55. The summed E-state index contributed by atoms with van der Waals surface area (Å²) in [5, 5.41) is 17.1. The van der Waals surface area contributed by atoms with E-state index in [1.54, 1.807) is 0 Å². The van der Waals surface area contributed by atoms with E-state index in [0.29, 0.717) is 12.8 Å². The van der Waals surface area contributed by atoms with Crippen LogP contribution in [0, 0.1) is 11.8 Å². The van der Waals surface area contributed by atoms with Gasteiger partial charge in [0.05, 0.1) is 6.61 Å². The van der Waals surface area contributed by atoms with Gasteiger partial charge in [0.1, 0.15) is 0 Å². The van der Waals surface area contributed by atoms with E-state index in [9.17, 15) is 4.79 Å². The van der Waals surface area contributed by atoms with Crippen LogP contribution in [0.1, 0.15) is 24.0 Å². The highest BCUT2D eigenvalue weighted by molar-refractivity contribution is 5.67. The highest BCUT2D eigenvalue weighted by Gasteiger charge is 1.98. The normalized spacial score (nSPS) is 9.31. The summed E-state index contributed by atoms with van der Waals surface area (Å²) in [6.07, 6.45) is 1.16. The zero-order chi connectivity index (χ0) is 11.8. The van der Waals surface area contributed by atoms with Crippen molar-refractivity contribution in [1.29, 1.82) is 0 Å². The molecule has 2 N–H and O–H groups in total. The summed E-state index contributed by atoms with van der Waals surface area (Å²) >= 11 is 0. The van der Waals surface area contributed by atoms with Crippen LogP contribution in [-0.2, 0) is 11.2 Å². The van der Waals surface area contributed by atoms with Gasteiger partial charge in [-0.2, -0.15) is 0 Å². The average molecular weight is 218 g/mol. The van der Waals surface area contributed by atoms with Gasteiger partial charge < -0.3 is 10.2 Å². The molecule has 0 radical (unpaired) electrons. The molecule has 84 valence electrons. The van der Waals surface area contributed by atoms with Gasteiger partial charge in [-0.25, -0.2) is 0 Å². The van der Waals surface area contributed by atoms with E-state index in [1.165, 1.54) is 0 Å². The summed E-state index contributed by atoms with van der Waals surface area (Å²) < 4.78 is 0. The molecule has 0 aliphatic rings. The Morgan fingerprint density at radius 3 is 2.50 bits per heavy atom. The summed E-state index contributed by atoms with van der Waals surface area (Å²) in [5.41, 5.74) is 1.88. The van der Waals surface area contributed by atoms with Gasteiger partial charge in [0, 0.05) is 18.4 Å². The standard InChI is InChI=1S/C13H14O3/c14-10-2-1-3-11-4-6-12(7-5-11)8-9-13(15)16/h4-7,14H,2,8-10H2,(H,15,16). The van der Waals surface area contributed by atoms with Gasteiger partial charge >= 0.3 is 5.97 Å². The molecule has 0 saturated carbocycles. The molecule has 0 amide bonds. The van der Waals surface area contributed by atoms with Crippen LogP contribution in [0.15, 0.2) is 24.3 Å². The third-order valence-corrected chi connectivity index (χ3v) is 2.05. The second-order valence-corrected chi connectivity index (χ2v) is 3.37. The first kappa shape index (κ1) is 12.3. The molecule has 0 saturated heterocycles. The number of carboxylic acids is 1. The van der Waals surface area contributed by atoms with Crippen molar-refractivity contribution in [2.24, 2.45) is 0 Å². The molecule has 0 spiro atoms. The number of benzene rings is 1. The van der Waals surface area contributed by atoms with E-state index < -0.39 is 5.97 Å². The molecule has 1 aromatic rings. The maximum Gasteiger partial charge on any atom is 0.303 e. The topological polar surface area (TPSA) is 57.5 Å². The number of aliphatic hydroxyl groups excluding tert-OH is 1. The van der Waals surface area contributed by atoms with Crippen LogP contribution in [-0.4, -0.2) is 22.8 Å². The van der Waals surface area contributed by atoms with Crippen molar-refractivity contribution in [3.8, 4) is 11.8 Å². The molecular formula is C13H14O3. The summed E-state index contributed by atoms with van der Waals surface area (Å²) in [4.78, 5) is 10.4.